The number of sulfone groups is 1. The average molecular weight is 1180 g/mol. The van der Waals surface area contributed by atoms with E-state index in [1.54, 1.807) is 0 Å². The Kier molecular flexibility index (Phi) is 18.2. The van der Waals surface area contributed by atoms with E-state index in [-0.39, 0.29) is 64.1 Å². The molecule has 0 aliphatic rings. The quantitative estimate of drug-likeness (QED) is 0.0865. The average Bonchev–Trinajstić information content (AvgIpc) is 3.19. The number of nitrogens with two attached hydrogens (primary N) is 2. The van der Waals surface area contributed by atoms with Crippen LogP contribution in [-0.4, -0.2) is 71.4 Å². The Morgan fingerprint density at radius 3 is 1.48 bits per heavy atom. The van der Waals surface area contributed by atoms with Crippen LogP contribution in [0.5, 0.6) is 29.3 Å². The van der Waals surface area contributed by atoms with Crippen molar-refractivity contribution < 1.29 is 80.4 Å². The minimum Gasteiger partial charge on any atom is -0.507 e. The van der Waals surface area contributed by atoms with Gasteiger partial charge in [0.15, 0.2) is 11.4 Å². The molecular weight excluding hydrogens is 1150 g/mol. The van der Waals surface area contributed by atoms with Crippen molar-refractivity contribution in [1.82, 2.24) is 38.4 Å². The lowest BCUT2D eigenvalue weighted by atomic mass is 10.2. The van der Waals surface area contributed by atoms with Crippen LogP contribution in [-0.2, 0) is 22.2 Å². The molecule has 5 N–H and O–H groups in total. The molecule has 35 heteroatoms. The van der Waals surface area contributed by atoms with Crippen molar-refractivity contribution in [2.75, 3.05) is 17.9 Å². The van der Waals surface area contributed by atoms with Gasteiger partial charge in [-0.15, -0.1) is 0 Å². The van der Waals surface area contributed by atoms with Gasteiger partial charge in [0.2, 0.25) is 26.8 Å². The van der Waals surface area contributed by atoms with Gasteiger partial charge < -0.3 is 31.0 Å². The number of phenols is 1. The minimum atomic E-state index is -5.13. The maximum Gasteiger partial charge on any atom is 0.433 e. The van der Waals surface area contributed by atoms with Crippen molar-refractivity contribution in [3.05, 3.63) is 134 Å². The van der Waals surface area contributed by atoms with Crippen LogP contribution >= 0.6 is 31.9 Å². The minimum absolute atomic E-state index is 0. The number of nitrogens with zero attached hydrogens (tertiary/aromatic N) is 8. The molecule has 0 spiro atoms. The number of aromatic nitrogens is 8. The van der Waals surface area contributed by atoms with Crippen LogP contribution in [0.2, 0.25) is 0 Å². The summed E-state index contributed by atoms with van der Waals surface area (Å²) in [7, 11) is -3.63. The van der Waals surface area contributed by atoms with E-state index < -0.39 is 121 Å². The van der Waals surface area contributed by atoms with Crippen molar-refractivity contribution in [3.8, 4) is 40.6 Å². The molecule has 4 aromatic heterocycles. The van der Waals surface area contributed by atoms with E-state index in [1.807, 2.05) is 0 Å². The summed E-state index contributed by atoms with van der Waals surface area (Å²) in [4.78, 5) is 62.5. The van der Waals surface area contributed by atoms with Gasteiger partial charge in [0, 0.05) is 54.0 Å². The van der Waals surface area contributed by atoms with Crippen LogP contribution in [0.4, 0.5) is 52.7 Å². The highest BCUT2D eigenvalue weighted by molar-refractivity contribution is 9.11. The van der Waals surface area contributed by atoms with Crippen molar-refractivity contribution in [2.24, 2.45) is 0 Å². The number of rotatable bonds is 9. The predicted molar refractivity (Wildman–Crippen MR) is 227 cm³/mol. The topological polar surface area (TPSA) is 274 Å². The van der Waals surface area contributed by atoms with Crippen molar-refractivity contribution >= 4 is 41.7 Å². The van der Waals surface area contributed by atoms with Gasteiger partial charge in [-0.2, -0.15) is 58.9 Å². The number of halogens is 14. The van der Waals surface area contributed by atoms with E-state index in [4.69, 9.17) is 16.4 Å². The summed E-state index contributed by atoms with van der Waals surface area (Å²) < 4.78 is 189. The molecule has 0 fully saturated rings. The van der Waals surface area contributed by atoms with Gasteiger partial charge in [0.1, 0.15) is 23.1 Å². The number of aryl methyl sites for hydroxylation is 2. The fourth-order valence-electron chi connectivity index (χ4n) is 5.10. The summed E-state index contributed by atoms with van der Waals surface area (Å²) in [6.45, 7) is -3.38. The summed E-state index contributed by atoms with van der Waals surface area (Å²) in [6, 6.07) is 4.71. The second kappa shape index (κ2) is 22.3. The van der Waals surface area contributed by atoms with E-state index in [1.165, 1.54) is 13.8 Å². The Bertz CT molecular complexity index is 3340. The zero-order valence-electron chi connectivity index (χ0n) is 34.3. The van der Waals surface area contributed by atoms with Crippen molar-refractivity contribution in [2.45, 2.75) is 52.0 Å². The van der Waals surface area contributed by atoms with Crippen molar-refractivity contribution in [3.63, 3.8) is 0 Å². The van der Waals surface area contributed by atoms with Gasteiger partial charge in [-0.05, 0) is 57.8 Å². The third kappa shape index (κ3) is 14.5. The molecule has 6 rings (SSSR count). The Hall–Kier alpha value is -7.17. The number of alkyl halides is 10. The second-order valence-electron chi connectivity index (χ2n) is 13.1. The van der Waals surface area contributed by atoms with Gasteiger partial charge in [-0.1, -0.05) is 7.43 Å². The highest BCUT2D eigenvalue weighted by atomic mass is 79.9. The first-order valence-corrected chi connectivity index (χ1v) is 21.2. The van der Waals surface area contributed by atoms with Gasteiger partial charge in [0.05, 0.1) is 20.3 Å². The molecule has 386 valence electrons. The van der Waals surface area contributed by atoms with E-state index in [9.17, 15) is 85.4 Å². The molecule has 2 aromatic carbocycles. The molecular formula is C36H28Br2F12N10O10S. The number of nitrogen functional groups attached to an aromatic ring is 2. The zero-order chi connectivity index (χ0) is 53.1. The van der Waals surface area contributed by atoms with Crippen LogP contribution in [0.25, 0.3) is 11.4 Å². The van der Waals surface area contributed by atoms with Gasteiger partial charge in [0.25, 0.3) is 11.1 Å². The lowest BCUT2D eigenvalue weighted by Crippen LogP contribution is -2.45. The van der Waals surface area contributed by atoms with Gasteiger partial charge in [-0.25, -0.2) is 50.3 Å². The Balaban J connectivity index is 0.000000303. The monoisotopic (exact) mass is 1180 g/mol. The molecule has 0 unspecified atom stereocenters. The number of hydrogen-bond donors (Lipinski definition) is 3. The fraction of sp³-hybridized carbons (Fsp3) is 0.222. The predicted octanol–water partition coefficient (Wildman–Crippen LogP) is 5.89. The first-order chi connectivity index (χ1) is 32.1. The molecule has 0 saturated carbocycles. The standard InChI is InChI=1S/C17H10BrF6N5O4.C11H6BrF4N3O3.C7H8F2N2O3S.CH4/c1-6-2-12(33-14(20)21)27-15(26-6)32-10-4-9(8(19)3-7(10)18)28-13(30)5-11(17(22,23)24)29(25)16(28)31;12-4-1-5(13)6(2-7(4)20)18-9(21)3-8(11(14,15)16)19(17)10(18)22;1-4-3-5(14-6(8)9)11-7(10-4)15(2,12)13;/h2-5,14H,25H2,1H3;1-3,20H,17H2;3,6H,1-2H3;1H4. The third-order valence-electron chi connectivity index (χ3n) is 7.93. The first-order valence-electron chi connectivity index (χ1n) is 17.7. The number of phenolic OH excluding ortho intramolecular Hbond substituents is 1. The number of benzene rings is 2. The van der Waals surface area contributed by atoms with E-state index in [2.05, 4.69) is 61.3 Å². The molecule has 71 heavy (non-hydrogen) atoms. The Morgan fingerprint density at radius 1 is 0.648 bits per heavy atom. The van der Waals surface area contributed by atoms with Crippen LogP contribution in [0, 0.1) is 25.5 Å². The molecule has 4 heterocycles. The summed E-state index contributed by atoms with van der Waals surface area (Å²) >= 11 is 5.77. The zero-order valence-corrected chi connectivity index (χ0v) is 38.3. The maximum atomic E-state index is 14.6. The van der Waals surface area contributed by atoms with E-state index in [0.29, 0.717) is 6.07 Å². The maximum absolute atomic E-state index is 14.6. The molecule has 20 nitrogen and oxygen atoms in total. The van der Waals surface area contributed by atoms with Crippen molar-refractivity contribution in [1.29, 1.82) is 0 Å². The lowest BCUT2D eigenvalue weighted by molar-refractivity contribution is -0.144. The van der Waals surface area contributed by atoms with Gasteiger partial charge in [-0.3, -0.25) is 9.59 Å². The summed E-state index contributed by atoms with van der Waals surface area (Å²) in [5.41, 5.74) is -10.9. The van der Waals surface area contributed by atoms with Gasteiger partial charge >= 0.3 is 43.0 Å². The molecule has 0 amide bonds. The lowest BCUT2D eigenvalue weighted by Gasteiger charge is -2.15. The normalized spacial score (nSPS) is 11.5. The summed E-state index contributed by atoms with van der Waals surface area (Å²) in [5, 5.41) is 8.94. The third-order valence-corrected chi connectivity index (χ3v) is 10.0. The number of aromatic hydroxyl groups is 1. The molecule has 0 aliphatic carbocycles. The smallest absolute Gasteiger partial charge is 0.433 e. The van der Waals surface area contributed by atoms with Crippen LogP contribution in [0.15, 0.2) is 81.8 Å². The second-order valence-corrected chi connectivity index (χ2v) is 16.7. The summed E-state index contributed by atoms with van der Waals surface area (Å²) in [6.07, 6.45) is -9.28. The van der Waals surface area contributed by atoms with Crippen LogP contribution in [0.3, 0.4) is 0 Å². The van der Waals surface area contributed by atoms with Crippen LogP contribution in [0.1, 0.15) is 30.2 Å². The molecule has 0 radical (unpaired) electrons. The highest BCUT2D eigenvalue weighted by Gasteiger charge is 2.37. The molecule has 6 aromatic rings. The highest BCUT2D eigenvalue weighted by Crippen LogP contribution is 2.34. The Labute approximate surface area is 403 Å². The molecule has 0 saturated heterocycles. The van der Waals surface area contributed by atoms with E-state index >= 15 is 0 Å². The Morgan fingerprint density at radius 2 is 1.06 bits per heavy atom. The van der Waals surface area contributed by atoms with E-state index in [0.717, 1.165) is 36.6 Å². The summed E-state index contributed by atoms with van der Waals surface area (Å²) in [5.74, 6) is 6.00. The number of ether oxygens (including phenoxy) is 3. The molecule has 0 atom stereocenters. The molecule has 0 bridgehead atoms. The number of hydrogen-bond acceptors (Lipinski definition) is 16. The largest absolute Gasteiger partial charge is 0.507 e. The van der Waals surface area contributed by atoms with Crippen LogP contribution < -0.4 is 48.4 Å². The molecule has 0 aliphatic heterocycles. The SMILES string of the molecule is C.Cc1cc(OC(F)F)nc(Oc2cc(-n3c(=O)cc(C(F)(F)F)n(N)c3=O)c(F)cc2Br)n1.Cc1cc(OC(F)F)nc(S(C)(=O)=O)n1.Nn1c(C(F)(F)F)cc(=O)n(-c2cc(O)c(Br)cc2F)c1=O. The first kappa shape index (κ1) is 58.1. The fourth-order valence-corrected chi connectivity index (χ4v) is 6.38.